The van der Waals surface area contributed by atoms with Crippen molar-refractivity contribution in [2.24, 2.45) is 0 Å². The molecule has 0 N–H and O–H groups in total. The molecule has 15 heavy (non-hydrogen) atoms. The average Bonchev–Trinajstić information content (AvgIpc) is 2.21. The van der Waals surface area contributed by atoms with Crippen LogP contribution in [0.15, 0.2) is 34.8 Å². The van der Waals surface area contributed by atoms with Gasteiger partial charge in [0.05, 0.1) is 7.11 Å². The van der Waals surface area contributed by atoms with E-state index in [0.29, 0.717) is 6.42 Å². The highest BCUT2D eigenvalue weighted by molar-refractivity contribution is 9.10. The third-order valence-electron chi connectivity index (χ3n) is 1.98. The van der Waals surface area contributed by atoms with Gasteiger partial charge in [-0.15, -0.1) is 0 Å². The van der Waals surface area contributed by atoms with Crippen LogP contribution in [0.5, 0.6) is 5.75 Å². The van der Waals surface area contributed by atoms with E-state index in [1.54, 1.807) is 19.3 Å². The first-order valence-electron chi connectivity index (χ1n) is 4.65. The van der Waals surface area contributed by atoms with Gasteiger partial charge >= 0.3 is 0 Å². The summed E-state index contributed by atoms with van der Waals surface area (Å²) in [5, 5.41) is 0. The molecule has 0 aliphatic heterocycles. The molecule has 80 valence electrons. The van der Waals surface area contributed by atoms with E-state index in [0.717, 1.165) is 15.8 Å². The molecule has 1 aromatic carbocycles. The molecule has 0 atom stereocenters. The standard InChI is InChI=1S/C12H13BrO2/c1-3-4-10(14)7-9-5-6-11(15-2)8-12(9)13/h3-6,8H,7H2,1-2H3/b4-3+. The van der Waals surface area contributed by atoms with Crippen molar-refractivity contribution in [2.75, 3.05) is 7.11 Å². The second kappa shape index (κ2) is 5.71. The highest BCUT2D eigenvalue weighted by atomic mass is 79.9. The van der Waals surface area contributed by atoms with Gasteiger partial charge in [-0.05, 0) is 30.7 Å². The normalized spacial score (nSPS) is 10.6. The number of ether oxygens (including phenoxy) is 1. The van der Waals surface area contributed by atoms with Gasteiger partial charge in [-0.3, -0.25) is 4.79 Å². The molecule has 1 rings (SSSR count). The zero-order chi connectivity index (χ0) is 11.3. The number of ketones is 1. The molecular weight excluding hydrogens is 256 g/mol. The van der Waals surface area contributed by atoms with Gasteiger partial charge in [0.1, 0.15) is 5.75 Å². The molecule has 0 aliphatic carbocycles. The first-order valence-corrected chi connectivity index (χ1v) is 5.44. The van der Waals surface area contributed by atoms with Gasteiger partial charge in [-0.1, -0.05) is 28.1 Å². The minimum Gasteiger partial charge on any atom is -0.497 e. The molecule has 0 radical (unpaired) electrons. The van der Waals surface area contributed by atoms with Crippen LogP contribution < -0.4 is 4.74 Å². The van der Waals surface area contributed by atoms with Crippen molar-refractivity contribution in [3.63, 3.8) is 0 Å². The number of carbonyl (C=O) groups excluding carboxylic acids is 1. The number of hydrogen-bond acceptors (Lipinski definition) is 2. The molecule has 0 bridgehead atoms. The third-order valence-corrected chi connectivity index (χ3v) is 2.72. The van der Waals surface area contributed by atoms with Crippen molar-refractivity contribution in [1.82, 2.24) is 0 Å². The van der Waals surface area contributed by atoms with Crippen LogP contribution in [-0.4, -0.2) is 12.9 Å². The maximum absolute atomic E-state index is 11.4. The molecule has 0 aliphatic rings. The Kier molecular flexibility index (Phi) is 4.56. The predicted molar refractivity (Wildman–Crippen MR) is 64.2 cm³/mol. The number of rotatable bonds is 4. The van der Waals surface area contributed by atoms with E-state index in [1.165, 1.54) is 0 Å². The van der Waals surface area contributed by atoms with Crippen molar-refractivity contribution in [1.29, 1.82) is 0 Å². The zero-order valence-electron chi connectivity index (χ0n) is 8.79. The largest absolute Gasteiger partial charge is 0.497 e. The first-order chi connectivity index (χ1) is 7.17. The Morgan fingerprint density at radius 1 is 1.53 bits per heavy atom. The molecule has 0 heterocycles. The molecule has 1 aromatic rings. The molecule has 0 aromatic heterocycles. The lowest BCUT2D eigenvalue weighted by atomic mass is 10.1. The fraction of sp³-hybridized carbons (Fsp3) is 0.250. The van der Waals surface area contributed by atoms with E-state index in [1.807, 2.05) is 25.1 Å². The van der Waals surface area contributed by atoms with Crippen LogP contribution >= 0.6 is 15.9 Å². The second-order valence-corrected chi connectivity index (χ2v) is 3.95. The fourth-order valence-electron chi connectivity index (χ4n) is 1.23. The quantitative estimate of drug-likeness (QED) is 0.785. The van der Waals surface area contributed by atoms with Crippen molar-refractivity contribution in [3.05, 3.63) is 40.4 Å². The Bertz CT molecular complexity index is 383. The van der Waals surface area contributed by atoms with Crippen LogP contribution in [-0.2, 0) is 11.2 Å². The smallest absolute Gasteiger partial charge is 0.159 e. The summed E-state index contributed by atoms with van der Waals surface area (Å²) in [6.07, 6.45) is 3.74. The molecule has 0 unspecified atom stereocenters. The van der Waals surface area contributed by atoms with Gasteiger partial charge in [-0.25, -0.2) is 0 Å². The molecule has 0 fully saturated rings. The second-order valence-electron chi connectivity index (χ2n) is 3.10. The van der Waals surface area contributed by atoms with Crippen LogP contribution in [0.25, 0.3) is 0 Å². The number of benzene rings is 1. The van der Waals surface area contributed by atoms with Gasteiger partial charge in [-0.2, -0.15) is 0 Å². The Morgan fingerprint density at radius 2 is 2.27 bits per heavy atom. The van der Waals surface area contributed by atoms with Crippen molar-refractivity contribution >= 4 is 21.7 Å². The summed E-state index contributed by atoms with van der Waals surface area (Å²) in [6.45, 7) is 1.83. The molecule has 0 saturated carbocycles. The topological polar surface area (TPSA) is 26.3 Å². The van der Waals surface area contributed by atoms with Crippen molar-refractivity contribution in [2.45, 2.75) is 13.3 Å². The Balaban J connectivity index is 2.82. The van der Waals surface area contributed by atoms with E-state index in [-0.39, 0.29) is 5.78 Å². The van der Waals surface area contributed by atoms with E-state index in [9.17, 15) is 4.79 Å². The SMILES string of the molecule is C/C=C/C(=O)Cc1ccc(OC)cc1Br. The summed E-state index contributed by atoms with van der Waals surface area (Å²) >= 11 is 3.41. The fourth-order valence-corrected chi connectivity index (χ4v) is 1.73. The van der Waals surface area contributed by atoms with Crippen LogP contribution in [0, 0.1) is 0 Å². The Morgan fingerprint density at radius 3 is 2.80 bits per heavy atom. The number of hydrogen-bond donors (Lipinski definition) is 0. The minimum absolute atomic E-state index is 0.100. The maximum Gasteiger partial charge on any atom is 0.159 e. The Labute approximate surface area is 98.1 Å². The van der Waals surface area contributed by atoms with E-state index >= 15 is 0 Å². The molecule has 0 amide bonds. The van der Waals surface area contributed by atoms with Gasteiger partial charge in [0.25, 0.3) is 0 Å². The Hall–Kier alpha value is -1.09. The number of carbonyl (C=O) groups is 1. The highest BCUT2D eigenvalue weighted by Crippen LogP contribution is 2.23. The molecule has 3 heteroatoms. The van der Waals surface area contributed by atoms with Crippen LogP contribution in [0.2, 0.25) is 0 Å². The van der Waals surface area contributed by atoms with Crippen molar-refractivity contribution in [3.8, 4) is 5.75 Å². The predicted octanol–water partition coefficient (Wildman–Crippen LogP) is 3.15. The van der Waals surface area contributed by atoms with Gasteiger partial charge in [0.2, 0.25) is 0 Å². The lowest BCUT2D eigenvalue weighted by Crippen LogP contribution is -1.99. The average molecular weight is 269 g/mol. The summed E-state index contributed by atoms with van der Waals surface area (Å²) in [6, 6.07) is 5.60. The molecule has 0 spiro atoms. The first kappa shape index (κ1) is 12.0. The van der Waals surface area contributed by atoms with Crippen LogP contribution in [0.4, 0.5) is 0 Å². The van der Waals surface area contributed by atoms with Crippen LogP contribution in [0.1, 0.15) is 12.5 Å². The maximum atomic E-state index is 11.4. The molecular formula is C12H13BrO2. The van der Waals surface area contributed by atoms with Crippen LogP contribution in [0.3, 0.4) is 0 Å². The van der Waals surface area contributed by atoms with E-state index < -0.39 is 0 Å². The van der Waals surface area contributed by atoms with Crippen molar-refractivity contribution < 1.29 is 9.53 Å². The summed E-state index contributed by atoms with van der Waals surface area (Å²) < 4.78 is 5.98. The summed E-state index contributed by atoms with van der Waals surface area (Å²) in [4.78, 5) is 11.4. The number of halogens is 1. The lowest BCUT2D eigenvalue weighted by molar-refractivity contribution is -0.114. The summed E-state index contributed by atoms with van der Waals surface area (Å²) in [5.41, 5.74) is 0.971. The molecule has 0 saturated heterocycles. The van der Waals surface area contributed by atoms with Gasteiger partial charge in [0, 0.05) is 10.9 Å². The summed E-state index contributed by atoms with van der Waals surface area (Å²) in [7, 11) is 1.62. The third kappa shape index (κ3) is 3.51. The zero-order valence-corrected chi connectivity index (χ0v) is 10.4. The minimum atomic E-state index is 0.100. The van der Waals surface area contributed by atoms with Gasteiger partial charge < -0.3 is 4.74 Å². The van der Waals surface area contributed by atoms with Gasteiger partial charge in [0.15, 0.2) is 5.78 Å². The van der Waals surface area contributed by atoms with E-state index in [2.05, 4.69) is 15.9 Å². The lowest BCUT2D eigenvalue weighted by Gasteiger charge is -2.04. The number of allylic oxidation sites excluding steroid dienone is 2. The highest BCUT2D eigenvalue weighted by Gasteiger charge is 2.05. The number of methoxy groups -OCH3 is 1. The van der Waals surface area contributed by atoms with E-state index in [4.69, 9.17) is 4.74 Å². The monoisotopic (exact) mass is 268 g/mol. The molecule has 2 nitrogen and oxygen atoms in total. The summed E-state index contributed by atoms with van der Waals surface area (Å²) in [5.74, 6) is 0.882.